The van der Waals surface area contributed by atoms with Gasteiger partial charge < -0.3 is 14.0 Å². The van der Waals surface area contributed by atoms with E-state index in [1.165, 1.54) is 6.33 Å². The molecule has 0 fully saturated rings. The number of aromatic nitrogens is 8. The van der Waals surface area contributed by atoms with Gasteiger partial charge in [0.2, 0.25) is 0 Å². The van der Waals surface area contributed by atoms with Crippen LogP contribution in [0.2, 0.25) is 0 Å². The molecule has 0 aliphatic carbocycles. The summed E-state index contributed by atoms with van der Waals surface area (Å²) in [6.07, 6.45) is 5.02. The van der Waals surface area contributed by atoms with Crippen molar-refractivity contribution in [1.29, 1.82) is 0 Å². The largest absolute Gasteiger partial charge is 0.482 e. The molecule has 30 heavy (non-hydrogen) atoms. The molecule has 0 spiro atoms. The number of ether oxygens (including phenoxy) is 2. The highest BCUT2D eigenvalue weighted by Gasteiger charge is 2.19. The lowest BCUT2D eigenvalue weighted by molar-refractivity contribution is 0.226. The minimum Gasteiger partial charge on any atom is -0.482 e. The number of aryl methyl sites for hydroxylation is 1. The molecule has 0 saturated carbocycles. The van der Waals surface area contributed by atoms with Gasteiger partial charge in [0.15, 0.2) is 28.7 Å². The summed E-state index contributed by atoms with van der Waals surface area (Å²) in [4.78, 5) is 8.74. The molecule has 0 amide bonds. The topological polar surface area (TPSA) is 118 Å². The average Bonchev–Trinajstić information content (AvgIpc) is 3.51. The first-order valence-corrected chi connectivity index (χ1v) is 9.50. The van der Waals surface area contributed by atoms with Crippen molar-refractivity contribution in [3.8, 4) is 23.2 Å². The summed E-state index contributed by atoms with van der Waals surface area (Å²) in [5.41, 5.74) is 1.82. The highest BCUT2D eigenvalue weighted by atomic mass is 16.6. The molecule has 5 aromatic heterocycles. The fraction of sp³-hybridized carbons (Fsp3) is 0.263. The van der Waals surface area contributed by atoms with Crippen LogP contribution in [0, 0.1) is 0 Å². The van der Waals surface area contributed by atoms with Crippen LogP contribution >= 0.6 is 0 Å². The smallest absolute Gasteiger partial charge is 0.311 e. The molecule has 5 rings (SSSR count). The van der Waals surface area contributed by atoms with Gasteiger partial charge in [0.05, 0.1) is 18.9 Å². The maximum Gasteiger partial charge on any atom is 0.311 e. The van der Waals surface area contributed by atoms with Crippen LogP contribution in [0.4, 0.5) is 0 Å². The van der Waals surface area contributed by atoms with Crippen molar-refractivity contribution >= 4 is 16.6 Å². The van der Waals surface area contributed by atoms with Gasteiger partial charge in [-0.05, 0) is 26.0 Å². The van der Waals surface area contributed by atoms with Gasteiger partial charge in [0.1, 0.15) is 18.5 Å². The maximum absolute atomic E-state index is 6.09. The number of hydrogen-bond acceptors (Lipinski definition) is 9. The second kappa shape index (κ2) is 7.43. The molecule has 0 aromatic carbocycles. The van der Waals surface area contributed by atoms with Crippen LogP contribution in [-0.4, -0.2) is 46.1 Å². The van der Waals surface area contributed by atoms with E-state index in [1.807, 2.05) is 26.0 Å². The summed E-state index contributed by atoms with van der Waals surface area (Å²) >= 11 is 0. The molecule has 0 aliphatic heterocycles. The summed E-state index contributed by atoms with van der Waals surface area (Å²) in [7, 11) is 0. The summed E-state index contributed by atoms with van der Waals surface area (Å²) in [5, 5.41) is 17.6. The zero-order valence-electron chi connectivity index (χ0n) is 16.4. The molecule has 0 bridgehead atoms. The number of fused-ring (bicyclic) bond motifs is 3. The standard InChI is InChI=1S/C19H18N8O3/c1-3-27-15(21-11-22-27)10-29-14-9-26-18(12-6-5-7-20-17(12)14)23-24-19(26)13-8-16(28-4-2)30-25-13/h5-9,11H,3-4,10H2,1-2H3. The molecule has 5 heterocycles. The average molecular weight is 406 g/mol. The second-order valence-corrected chi connectivity index (χ2v) is 6.36. The molecule has 0 N–H and O–H groups in total. The maximum atomic E-state index is 6.09. The van der Waals surface area contributed by atoms with E-state index >= 15 is 0 Å². The van der Waals surface area contributed by atoms with Gasteiger partial charge in [0.25, 0.3) is 0 Å². The molecule has 0 atom stereocenters. The first-order chi connectivity index (χ1) is 14.8. The molecule has 0 radical (unpaired) electrons. The van der Waals surface area contributed by atoms with E-state index < -0.39 is 0 Å². The SMILES string of the molecule is CCOc1cc(-c2nnc3c4cccnc4c(OCc4ncnn4CC)cn23)no1. The van der Waals surface area contributed by atoms with Crippen LogP contribution in [0.3, 0.4) is 0 Å². The Hall–Kier alpha value is -4.02. The second-order valence-electron chi connectivity index (χ2n) is 6.36. The first-order valence-electron chi connectivity index (χ1n) is 9.50. The molecule has 152 valence electrons. The fourth-order valence-corrected chi connectivity index (χ4v) is 3.22. The van der Waals surface area contributed by atoms with E-state index in [0.717, 1.165) is 11.2 Å². The number of hydrogen-bond donors (Lipinski definition) is 0. The Morgan fingerprint density at radius 3 is 2.93 bits per heavy atom. The van der Waals surface area contributed by atoms with E-state index in [0.29, 0.717) is 47.5 Å². The van der Waals surface area contributed by atoms with E-state index in [1.54, 1.807) is 27.5 Å². The number of nitrogens with zero attached hydrogens (tertiary/aromatic N) is 8. The molecule has 0 saturated heterocycles. The van der Waals surface area contributed by atoms with Crippen LogP contribution in [-0.2, 0) is 13.2 Å². The molecule has 0 unspecified atom stereocenters. The molecular weight excluding hydrogens is 388 g/mol. The summed E-state index contributed by atoms with van der Waals surface area (Å²) in [6.45, 7) is 5.31. The van der Waals surface area contributed by atoms with Crippen molar-refractivity contribution < 1.29 is 14.0 Å². The van der Waals surface area contributed by atoms with Crippen LogP contribution in [0.15, 0.2) is 41.4 Å². The van der Waals surface area contributed by atoms with Crippen molar-refractivity contribution in [1.82, 2.24) is 39.5 Å². The van der Waals surface area contributed by atoms with E-state index in [4.69, 9.17) is 14.0 Å². The zero-order chi connectivity index (χ0) is 20.5. The van der Waals surface area contributed by atoms with Gasteiger partial charge in [0, 0.05) is 18.1 Å². The van der Waals surface area contributed by atoms with Crippen molar-refractivity contribution in [2.24, 2.45) is 0 Å². The van der Waals surface area contributed by atoms with Gasteiger partial charge in [-0.25, -0.2) is 9.67 Å². The van der Waals surface area contributed by atoms with Crippen molar-refractivity contribution in [3.63, 3.8) is 0 Å². The van der Waals surface area contributed by atoms with E-state index in [2.05, 4.69) is 30.4 Å². The minimum atomic E-state index is 0.251. The van der Waals surface area contributed by atoms with E-state index in [-0.39, 0.29) is 6.61 Å². The van der Waals surface area contributed by atoms with Crippen LogP contribution in [0.25, 0.3) is 28.1 Å². The minimum absolute atomic E-state index is 0.251. The highest BCUT2D eigenvalue weighted by molar-refractivity contribution is 5.95. The van der Waals surface area contributed by atoms with E-state index in [9.17, 15) is 0 Å². The number of rotatable bonds is 7. The van der Waals surface area contributed by atoms with Gasteiger partial charge in [-0.15, -0.1) is 10.2 Å². The van der Waals surface area contributed by atoms with Crippen LogP contribution in [0.5, 0.6) is 11.7 Å². The predicted molar refractivity (Wildman–Crippen MR) is 105 cm³/mol. The van der Waals surface area contributed by atoms with Crippen LogP contribution < -0.4 is 9.47 Å². The van der Waals surface area contributed by atoms with Gasteiger partial charge >= 0.3 is 5.95 Å². The van der Waals surface area contributed by atoms with Crippen molar-refractivity contribution in [2.75, 3.05) is 6.61 Å². The third kappa shape index (κ3) is 3.00. The first kappa shape index (κ1) is 18.0. The summed E-state index contributed by atoms with van der Waals surface area (Å²) < 4.78 is 20.2. The van der Waals surface area contributed by atoms with Gasteiger partial charge in [-0.2, -0.15) is 5.10 Å². The van der Waals surface area contributed by atoms with Crippen molar-refractivity contribution in [2.45, 2.75) is 27.0 Å². The molecule has 0 aliphatic rings. The normalized spacial score (nSPS) is 11.4. The Morgan fingerprint density at radius 1 is 1.13 bits per heavy atom. The lowest BCUT2D eigenvalue weighted by atomic mass is 10.2. The van der Waals surface area contributed by atoms with Gasteiger partial charge in [-0.3, -0.25) is 9.38 Å². The Labute approximate surface area is 170 Å². The predicted octanol–water partition coefficient (Wildman–Crippen LogP) is 2.52. The molecule has 11 nitrogen and oxygen atoms in total. The molecule has 11 heteroatoms. The highest BCUT2D eigenvalue weighted by Crippen LogP contribution is 2.30. The lowest BCUT2D eigenvalue weighted by Gasteiger charge is -2.10. The third-order valence-electron chi connectivity index (χ3n) is 4.58. The lowest BCUT2D eigenvalue weighted by Crippen LogP contribution is -2.08. The quantitative estimate of drug-likeness (QED) is 0.401. The van der Waals surface area contributed by atoms with Crippen LogP contribution in [0.1, 0.15) is 19.7 Å². The van der Waals surface area contributed by atoms with Crippen molar-refractivity contribution in [3.05, 3.63) is 42.7 Å². The third-order valence-corrected chi connectivity index (χ3v) is 4.58. The Balaban J connectivity index is 1.60. The fourth-order valence-electron chi connectivity index (χ4n) is 3.22. The Kier molecular flexibility index (Phi) is 4.46. The molecular formula is C19H18N8O3. The molecule has 5 aromatic rings. The Bertz CT molecular complexity index is 1320. The number of pyridine rings is 2. The zero-order valence-corrected chi connectivity index (χ0v) is 16.4. The summed E-state index contributed by atoms with van der Waals surface area (Å²) in [5.74, 6) is 2.12. The van der Waals surface area contributed by atoms with Gasteiger partial charge in [-0.1, -0.05) is 5.16 Å². The summed E-state index contributed by atoms with van der Waals surface area (Å²) in [6, 6.07) is 5.45. The monoisotopic (exact) mass is 406 g/mol. The Morgan fingerprint density at radius 2 is 2.07 bits per heavy atom.